The van der Waals surface area contributed by atoms with Crippen molar-refractivity contribution in [3.05, 3.63) is 60.2 Å². The second-order valence-corrected chi connectivity index (χ2v) is 7.18. The van der Waals surface area contributed by atoms with Crippen molar-refractivity contribution in [3.8, 4) is 17.2 Å². The van der Waals surface area contributed by atoms with E-state index in [1.807, 2.05) is 42.5 Å². The zero-order valence-electron chi connectivity index (χ0n) is 18.6. The summed E-state index contributed by atoms with van der Waals surface area (Å²) in [6.07, 6.45) is -0.431. The van der Waals surface area contributed by atoms with E-state index in [4.69, 9.17) is 18.9 Å². The second kappa shape index (κ2) is 10.5. The Bertz CT molecular complexity index is 1080. The Morgan fingerprint density at radius 1 is 0.906 bits per heavy atom. The van der Waals surface area contributed by atoms with Crippen LogP contribution in [0, 0.1) is 0 Å². The molecule has 0 aliphatic rings. The zero-order valence-corrected chi connectivity index (χ0v) is 18.6. The van der Waals surface area contributed by atoms with Crippen molar-refractivity contribution in [1.29, 1.82) is 0 Å². The number of benzene rings is 3. The number of ether oxygens (including phenoxy) is 4. The fourth-order valence-corrected chi connectivity index (χ4v) is 3.40. The van der Waals surface area contributed by atoms with Gasteiger partial charge >= 0.3 is 5.97 Å². The normalized spacial score (nSPS) is 11.5. The van der Waals surface area contributed by atoms with Crippen LogP contribution in [-0.2, 0) is 20.7 Å². The van der Waals surface area contributed by atoms with Crippen LogP contribution >= 0.6 is 0 Å². The molecule has 3 aromatic rings. The summed E-state index contributed by atoms with van der Waals surface area (Å²) < 4.78 is 21.3. The van der Waals surface area contributed by atoms with E-state index in [2.05, 4.69) is 5.32 Å². The molecule has 0 fully saturated rings. The first kappa shape index (κ1) is 22.9. The Labute approximate surface area is 187 Å². The van der Waals surface area contributed by atoms with Gasteiger partial charge in [0.1, 0.15) is 0 Å². The fraction of sp³-hybridized carbons (Fsp3) is 0.280. The number of carbonyl (C=O) groups excluding carboxylic acids is 2. The quantitative estimate of drug-likeness (QED) is 0.501. The third-order valence-corrected chi connectivity index (χ3v) is 5.07. The number of amides is 1. The molecule has 3 aromatic carbocycles. The van der Waals surface area contributed by atoms with Crippen LogP contribution in [0.3, 0.4) is 0 Å². The van der Waals surface area contributed by atoms with Crippen molar-refractivity contribution in [2.24, 2.45) is 0 Å². The number of esters is 1. The number of carbonyl (C=O) groups is 2. The van der Waals surface area contributed by atoms with E-state index in [1.165, 1.54) is 21.3 Å². The van der Waals surface area contributed by atoms with Crippen LogP contribution in [0.15, 0.2) is 54.6 Å². The van der Waals surface area contributed by atoms with E-state index in [0.29, 0.717) is 29.4 Å². The molecule has 0 aliphatic carbocycles. The Kier molecular flexibility index (Phi) is 7.54. The van der Waals surface area contributed by atoms with Crippen molar-refractivity contribution >= 4 is 28.3 Å². The SMILES string of the molecule is COc1cc(CCC(=O)O[C@@H](C)C(=O)Nc2cccc3ccccc23)cc(OC)c1OC. The summed E-state index contributed by atoms with van der Waals surface area (Å²) in [7, 11) is 4.60. The van der Waals surface area contributed by atoms with Crippen LogP contribution in [0.1, 0.15) is 18.9 Å². The van der Waals surface area contributed by atoms with Crippen molar-refractivity contribution in [2.45, 2.75) is 25.9 Å². The number of anilines is 1. The molecule has 7 heteroatoms. The average molecular weight is 437 g/mol. The maximum absolute atomic E-state index is 12.6. The Hall–Kier alpha value is -3.74. The first-order chi connectivity index (χ1) is 15.5. The van der Waals surface area contributed by atoms with Gasteiger partial charge in [0.05, 0.1) is 21.3 Å². The number of methoxy groups -OCH3 is 3. The molecule has 0 saturated heterocycles. The minimum absolute atomic E-state index is 0.102. The molecule has 0 heterocycles. The van der Waals surface area contributed by atoms with Crippen LogP contribution < -0.4 is 19.5 Å². The van der Waals surface area contributed by atoms with Crippen molar-refractivity contribution in [1.82, 2.24) is 0 Å². The first-order valence-electron chi connectivity index (χ1n) is 10.2. The third kappa shape index (κ3) is 5.29. The van der Waals surface area contributed by atoms with Crippen molar-refractivity contribution in [2.75, 3.05) is 26.6 Å². The molecule has 0 aromatic heterocycles. The molecular weight excluding hydrogens is 410 g/mol. The molecule has 1 amide bonds. The van der Waals surface area contributed by atoms with Crippen molar-refractivity contribution < 1.29 is 28.5 Å². The topological polar surface area (TPSA) is 83.1 Å². The molecule has 3 rings (SSSR count). The number of fused-ring (bicyclic) bond motifs is 1. The highest BCUT2D eigenvalue weighted by atomic mass is 16.5. The van der Waals surface area contributed by atoms with Crippen molar-refractivity contribution in [3.63, 3.8) is 0 Å². The van der Waals surface area contributed by atoms with Crippen LogP contribution in [-0.4, -0.2) is 39.3 Å². The van der Waals surface area contributed by atoms with Gasteiger partial charge < -0.3 is 24.3 Å². The zero-order chi connectivity index (χ0) is 23.1. The van der Waals surface area contributed by atoms with Crippen LogP contribution in [0.2, 0.25) is 0 Å². The lowest BCUT2D eigenvalue weighted by molar-refractivity contribution is -0.153. The van der Waals surface area contributed by atoms with Gasteiger partial charge in [-0.05, 0) is 42.5 Å². The maximum Gasteiger partial charge on any atom is 0.306 e. The molecule has 0 aliphatic heterocycles. The van der Waals surface area contributed by atoms with E-state index >= 15 is 0 Å². The predicted octanol–water partition coefficient (Wildman–Crippen LogP) is 4.37. The predicted molar refractivity (Wildman–Crippen MR) is 123 cm³/mol. The number of hydrogen-bond acceptors (Lipinski definition) is 6. The maximum atomic E-state index is 12.6. The number of rotatable bonds is 9. The van der Waals surface area contributed by atoms with Gasteiger partial charge in [0.15, 0.2) is 17.6 Å². The van der Waals surface area contributed by atoms with E-state index < -0.39 is 12.1 Å². The van der Waals surface area contributed by atoms with E-state index in [0.717, 1.165) is 16.3 Å². The van der Waals surface area contributed by atoms with Gasteiger partial charge in [0.25, 0.3) is 5.91 Å². The lowest BCUT2D eigenvalue weighted by Gasteiger charge is -2.16. The first-order valence-corrected chi connectivity index (χ1v) is 10.2. The van der Waals surface area contributed by atoms with Gasteiger partial charge in [-0.3, -0.25) is 9.59 Å². The lowest BCUT2D eigenvalue weighted by Crippen LogP contribution is -2.30. The summed E-state index contributed by atoms with van der Waals surface area (Å²) in [6, 6.07) is 17.0. The van der Waals surface area contributed by atoms with E-state index in [1.54, 1.807) is 19.1 Å². The summed E-state index contributed by atoms with van der Waals surface area (Å²) in [5, 5.41) is 4.78. The van der Waals surface area contributed by atoms with Crippen LogP contribution in [0.5, 0.6) is 17.2 Å². The van der Waals surface area contributed by atoms with Gasteiger partial charge in [-0.2, -0.15) is 0 Å². The summed E-state index contributed by atoms with van der Waals surface area (Å²) in [6.45, 7) is 1.55. The minimum atomic E-state index is -0.929. The largest absolute Gasteiger partial charge is 0.493 e. The highest BCUT2D eigenvalue weighted by molar-refractivity contribution is 6.03. The summed E-state index contributed by atoms with van der Waals surface area (Å²) >= 11 is 0. The molecule has 0 radical (unpaired) electrons. The Balaban J connectivity index is 1.59. The number of aryl methyl sites for hydroxylation is 1. The molecule has 7 nitrogen and oxygen atoms in total. The molecule has 0 bridgehead atoms. The number of hydrogen-bond donors (Lipinski definition) is 1. The Morgan fingerprint density at radius 3 is 2.22 bits per heavy atom. The lowest BCUT2D eigenvalue weighted by atomic mass is 10.1. The fourth-order valence-electron chi connectivity index (χ4n) is 3.40. The smallest absolute Gasteiger partial charge is 0.306 e. The van der Waals surface area contributed by atoms with Crippen LogP contribution in [0.25, 0.3) is 10.8 Å². The molecule has 0 spiro atoms. The van der Waals surface area contributed by atoms with Crippen LogP contribution in [0.4, 0.5) is 5.69 Å². The summed E-state index contributed by atoms with van der Waals surface area (Å²) in [5.74, 6) is 0.651. The Morgan fingerprint density at radius 2 is 1.56 bits per heavy atom. The highest BCUT2D eigenvalue weighted by Crippen LogP contribution is 2.38. The molecule has 168 valence electrons. The summed E-state index contributed by atoms with van der Waals surface area (Å²) in [5.41, 5.74) is 1.50. The molecule has 32 heavy (non-hydrogen) atoms. The third-order valence-electron chi connectivity index (χ3n) is 5.07. The average Bonchev–Trinajstić information content (AvgIpc) is 2.82. The molecule has 1 atom stereocenters. The molecule has 0 saturated carbocycles. The van der Waals surface area contributed by atoms with E-state index in [9.17, 15) is 9.59 Å². The van der Waals surface area contributed by atoms with Gasteiger partial charge in [0.2, 0.25) is 5.75 Å². The molecule has 1 N–H and O–H groups in total. The monoisotopic (exact) mass is 437 g/mol. The number of nitrogens with one attached hydrogen (secondary N) is 1. The second-order valence-electron chi connectivity index (χ2n) is 7.18. The van der Waals surface area contributed by atoms with E-state index in [-0.39, 0.29) is 12.3 Å². The standard InChI is InChI=1S/C25H27NO6/c1-16(25(28)26-20-11-7-9-18-8-5-6-10-19(18)20)32-23(27)13-12-17-14-21(29-2)24(31-4)22(15-17)30-3/h5-11,14-16H,12-13H2,1-4H3,(H,26,28)/t16-/m0/s1. The molecular formula is C25H27NO6. The molecule has 0 unspecified atom stereocenters. The van der Waals surface area contributed by atoms with Gasteiger partial charge in [-0.25, -0.2) is 0 Å². The van der Waals surface area contributed by atoms with Gasteiger partial charge in [-0.1, -0.05) is 36.4 Å². The summed E-state index contributed by atoms with van der Waals surface area (Å²) in [4.78, 5) is 24.9. The van der Waals surface area contributed by atoms with Gasteiger partial charge in [-0.15, -0.1) is 0 Å². The van der Waals surface area contributed by atoms with Gasteiger partial charge in [0, 0.05) is 17.5 Å². The minimum Gasteiger partial charge on any atom is -0.493 e. The highest BCUT2D eigenvalue weighted by Gasteiger charge is 2.19.